The summed E-state index contributed by atoms with van der Waals surface area (Å²) in [6.45, 7) is 4.19. The molecule has 0 saturated carbocycles. The second-order valence-electron chi connectivity index (χ2n) is 6.33. The van der Waals surface area contributed by atoms with Gasteiger partial charge in [0.1, 0.15) is 0 Å². The zero-order valence-corrected chi connectivity index (χ0v) is 16.7. The maximum atomic E-state index is 11.3. The first kappa shape index (κ1) is 24.6. The lowest BCUT2D eigenvalue weighted by atomic mass is 9.94. The molecule has 1 aliphatic rings. The summed E-state index contributed by atoms with van der Waals surface area (Å²) >= 11 is 0. The van der Waals surface area contributed by atoms with Crippen molar-refractivity contribution in [3.63, 3.8) is 0 Å². The standard InChI is InChI=1S/2C10H12O5/c1-2-3-4-14-10(13)7-5-8(11)15-9(12)6-7;1-2-3-4-6(9(12)13)7-5-8(11)15-10(7)14/h5-6,11H,2-4H2,1H3;5-6H,2-4H2,1H3,(H,12,13). The van der Waals surface area contributed by atoms with Crippen LogP contribution in [0.1, 0.15) is 56.3 Å². The summed E-state index contributed by atoms with van der Waals surface area (Å²) in [5.74, 6) is -4.86. The number of carbonyl (C=O) groups excluding carboxylic acids is 3. The molecule has 2 rings (SSSR count). The van der Waals surface area contributed by atoms with E-state index >= 15 is 0 Å². The van der Waals surface area contributed by atoms with Gasteiger partial charge in [0.2, 0.25) is 0 Å². The van der Waals surface area contributed by atoms with Crippen LogP contribution in [0.2, 0.25) is 0 Å². The van der Waals surface area contributed by atoms with Gasteiger partial charge in [0.25, 0.3) is 5.95 Å². The molecule has 0 amide bonds. The SMILES string of the molecule is CCCCC(C(=O)O)C1=CC(=O)OC1=O.CCCCOC(=O)c1cc(O)oc(=O)c1. The van der Waals surface area contributed by atoms with E-state index in [1.807, 2.05) is 13.8 Å². The number of carboxylic acid groups (broad SMARTS) is 1. The van der Waals surface area contributed by atoms with Gasteiger partial charge in [-0.1, -0.05) is 33.1 Å². The molecule has 1 unspecified atom stereocenters. The fourth-order valence-corrected chi connectivity index (χ4v) is 2.40. The molecule has 1 aromatic rings. The van der Waals surface area contributed by atoms with Gasteiger partial charge in [0.15, 0.2) is 0 Å². The van der Waals surface area contributed by atoms with Gasteiger partial charge < -0.3 is 24.1 Å². The quantitative estimate of drug-likeness (QED) is 0.342. The predicted octanol–water partition coefficient (Wildman–Crippen LogP) is 2.19. The van der Waals surface area contributed by atoms with Crippen LogP contribution in [0.15, 0.2) is 33.0 Å². The lowest BCUT2D eigenvalue weighted by molar-refractivity contribution is -0.152. The average Bonchev–Trinajstić information content (AvgIpc) is 2.99. The van der Waals surface area contributed by atoms with Gasteiger partial charge >= 0.3 is 29.5 Å². The number of esters is 3. The van der Waals surface area contributed by atoms with Crippen LogP contribution in [-0.2, 0) is 23.9 Å². The van der Waals surface area contributed by atoms with Crippen molar-refractivity contribution >= 4 is 23.9 Å². The topological polar surface area (TPSA) is 157 Å². The Morgan fingerprint density at radius 2 is 1.77 bits per heavy atom. The van der Waals surface area contributed by atoms with Gasteiger partial charge in [-0.15, -0.1) is 0 Å². The van der Waals surface area contributed by atoms with Gasteiger partial charge in [-0.2, -0.15) is 0 Å². The average molecular weight is 424 g/mol. The van der Waals surface area contributed by atoms with E-state index in [-0.39, 0.29) is 11.1 Å². The summed E-state index contributed by atoms with van der Waals surface area (Å²) in [5, 5.41) is 17.8. The van der Waals surface area contributed by atoms with Crippen molar-refractivity contribution in [2.75, 3.05) is 6.61 Å². The second kappa shape index (κ2) is 12.2. The van der Waals surface area contributed by atoms with Crippen molar-refractivity contribution < 1.29 is 43.3 Å². The Morgan fingerprint density at radius 3 is 2.27 bits per heavy atom. The third-order valence-electron chi connectivity index (χ3n) is 3.95. The van der Waals surface area contributed by atoms with E-state index in [0.717, 1.165) is 37.5 Å². The van der Waals surface area contributed by atoms with E-state index in [0.29, 0.717) is 19.4 Å². The van der Waals surface area contributed by atoms with Crippen molar-refractivity contribution in [2.24, 2.45) is 5.92 Å². The van der Waals surface area contributed by atoms with Crippen LogP contribution < -0.4 is 5.63 Å². The minimum absolute atomic E-state index is 0.000136. The molecule has 0 bridgehead atoms. The predicted molar refractivity (Wildman–Crippen MR) is 102 cm³/mol. The number of ether oxygens (including phenoxy) is 2. The molecular weight excluding hydrogens is 400 g/mol. The first-order valence-corrected chi connectivity index (χ1v) is 9.41. The molecule has 2 heterocycles. The molecule has 0 aliphatic carbocycles. The van der Waals surface area contributed by atoms with Crippen LogP contribution in [-0.4, -0.2) is 40.7 Å². The van der Waals surface area contributed by atoms with Crippen molar-refractivity contribution in [1.82, 2.24) is 0 Å². The lowest BCUT2D eigenvalue weighted by Gasteiger charge is -2.09. The van der Waals surface area contributed by atoms with Gasteiger partial charge in [-0.3, -0.25) is 4.79 Å². The van der Waals surface area contributed by atoms with Crippen LogP contribution in [0, 0.1) is 5.92 Å². The van der Waals surface area contributed by atoms with E-state index in [2.05, 4.69) is 9.15 Å². The van der Waals surface area contributed by atoms with E-state index in [9.17, 15) is 24.0 Å². The monoisotopic (exact) mass is 424 g/mol. The number of aromatic hydroxyl groups is 1. The minimum atomic E-state index is -1.10. The normalized spacial score (nSPS) is 13.6. The van der Waals surface area contributed by atoms with E-state index in [1.54, 1.807) is 0 Å². The molecule has 1 aliphatic heterocycles. The van der Waals surface area contributed by atoms with Crippen molar-refractivity contribution in [2.45, 2.75) is 46.0 Å². The zero-order chi connectivity index (χ0) is 22.7. The summed E-state index contributed by atoms with van der Waals surface area (Å²) in [6, 6.07) is 2.03. The number of carbonyl (C=O) groups is 4. The van der Waals surface area contributed by atoms with Crippen molar-refractivity contribution in [3.8, 4) is 5.95 Å². The molecule has 164 valence electrons. The third kappa shape index (κ3) is 7.90. The molecule has 2 N–H and O–H groups in total. The Kier molecular flexibility index (Phi) is 10.0. The zero-order valence-electron chi connectivity index (χ0n) is 16.7. The summed E-state index contributed by atoms with van der Waals surface area (Å²) < 4.78 is 13.4. The number of aliphatic carboxylic acids is 1. The molecule has 0 saturated heterocycles. The molecule has 10 heteroatoms. The molecule has 0 fully saturated rings. The van der Waals surface area contributed by atoms with Crippen LogP contribution >= 0.6 is 0 Å². The fraction of sp³-hybridized carbons (Fsp3) is 0.450. The van der Waals surface area contributed by atoms with E-state index in [1.165, 1.54) is 0 Å². The van der Waals surface area contributed by atoms with E-state index in [4.69, 9.17) is 14.9 Å². The highest BCUT2D eigenvalue weighted by Gasteiger charge is 2.34. The highest BCUT2D eigenvalue weighted by molar-refractivity contribution is 6.11. The Labute approximate surface area is 172 Å². The molecule has 1 atom stereocenters. The summed E-state index contributed by atoms with van der Waals surface area (Å²) in [5.41, 5.74) is -0.821. The largest absolute Gasteiger partial charge is 0.481 e. The maximum absolute atomic E-state index is 11.3. The number of cyclic esters (lactones) is 2. The minimum Gasteiger partial charge on any atom is -0.481 e. The smallest absolute Gasteiger partial charge is 0.343 e. The summed E-state index contributed by atoms with van der Waals surface area (Å²) in [6.07, 6.45) is 4.52. The molecule has 0 radical (unpaired) electrons. The Balaban J connectivity index is 0.000000300. The Morgan fingerprint density at radius 1 is 1.10 bits per heavy atom. The summed E-state index contributed by atoms with van der Waals surface area (Å²) in [4.78, 5) is 54.9. The van der Waals surface area contributed by atoms with Gasteiger partial charge in [-0.25, -0.2) is 19.2 Å². The number of carboxylic acids is 1. The Bertz CT molecular complexity index is 865. The molecule has 1 aromatic heterocycles. The second-order valence-corrected chi connectivity index (χ2v) is 6.33. The molecule has 0 spiro atoms. The number of hydrogen-bond acceptors (Lipinski definition) is 9. The van der Waals surface area contributed by atoms with Crippen LogP contribution in [0.4, 0.5) is 0 Å². The van der Waals surface area contributed by atoms with Crippen molar-refractivity contribution in [3.05, 3.63) is 39.8 Å². The lowest BCUT2D eigenvalue weighted by Crippen LogP contribution is -2.20. The highest BCUT2D eigenvalue weighted by atomic mass is 16.6. The van der Waals surface area contributed by atoms with Crippen LogP contribution in [0.5, 0.6) is 5.95 Å². The maximum Gasteiger partial charge on any atom is 0.343 e. The van der Waals surface area contributed by atoms with Gasteiger partial charge in [0.05, 0.1) is 23.7 Å². The van der Waals surface area contributed by atoms with Gasteiger partial charge in [0, 0.05) is 18.2 Å². The van der Waals surface area contributed by atoms with Crippen molar-refractivity contribution in [1.29, 1.82) is 0 Å². The molecular formula is C20H24O10. The molecule has 10 nitrogen and oxygen atoms in total. The molecule has 30 heavy (non-hydrogen) atoms. The van der Waals surface area contributed by atoms with E-state index < -0.39 is 41.4 Å². The molecule has 0 aromatic carbocycles. The third-order valence-corrected chi connectivity index (χ3v) is 3.95. The number of rotatable bonds is 9. The highest BCUT2D eigenvalue weighted by Crippen LogP contribution is 2.23. The fourth-order valence-electron chi connectivity index (χ4n) is 2.40. The first-order chi connectivity index (χ1) is 14.2. The van der Waals surface area contributed by atoms with Crippen LogP contribution in [0.25, 0.3) is 0 Å². The Hall–Kier alpha value is -3.43. The number of hydrogen-bond donors (Lipinski definition) is 2. The summed E-state index contributed by atoms with van der Waals surface area (Å²) in [7, 11) is 0. The first-order valence-electron chi connectivity index (χ1n) is 9.41. The number of unbranched alkanes of at least 4 members (excludes halogenated alkanes) is 2. The van der Waals surface area contributed by atoms with Crippen LogP contribution in [0.3, 0.4) is 0 Å². The van der Waals surface area contributed by atoms with Gasteiger partial charge in [-0.05, 0) is 12.8 Å².